The predicted molar refractivity (Wildman–Crippen MR) is 98.0 cm³/mol. The number of anilines is 1. The van der Waals surface area contributed by atoms with Gasteiger partial charge in [0.2, 0.25) is 0 Å². The normalized spacial score (nSPS) is 11.0. The van der Waals surface area contributed by atoms with Crippen molar-refractivity contribution < 1.29 is 27.9 Å². The van der Waals surface area contributed by atoms with Crippen molar-refractivity contribution in [2.75, 3.05) is 25.7 Å². The van der Waals surface area contributed by atoms with Crippen LogP contribution >= 0.6 is 19.2 Å². The lowest BCUT2D eigenvalue weighted by Crippen LogP contribution is -2.18. The van der Waals surface area contributed by atoms with Crippen LogP contribution in [0.2, 0.25) is 5.02 Å². The topological polar surface area (TPSA) is 90.9 Å². The number of esters is 1. The van der Waals surface area contributed by atoms with E-state index in [4.69, 9.17) is 25.4 Å². The molecule has 7 nitrogen and oxygen atoms in total. The molecule has 0 aliphatic rings. The zero-order valence-electron chi connectivity index (χ0n) is 14.1. The molecule has 0 radical (unpaired) electrons. The third-order valence-electron chi connectivity index (χ3n) is 3.32. The molecule has 0 spiro atoms. The van der Waals surface area contributed by atoms with E-state index in [0.717, 1.165) is 0 Å². The van der Waals surface area contributed by atoms with Crippen LogP contribution in [0.5, 0.6) is 5.75 Å². The molecular formula is C17H17ClNO6P. The smallest absolute Gasteiger partial charge is 0.341 e. The summed E-state index contributed by atoms with van der Waals surface area (Å²) in [6.45, 7) is 0. The number of benzene rings is 2. The number of nitrogens with one attached hydrogen (secondary N) is 1. The van der Waals surface area contributed by atoms with Crippen molar-refractivity contribution in [3.8, 4) is 5.75 Å². The summed E-state index contributed by atoms with van der Waals surface area (Å²) in [5, 5.41) is 2.97. The van der Waals surface area contributed by atoms with Gasteiger partial charge in [0, 0.05) is 24.9 Å². The van der Waals surface area contributed by atoms with Gasteiger partial charge >= 0.3 is 13.6 Å². The number of carbonyl (C=O) groups is 2. The van der Waals surface area contributed by atoms with Crippen molar-refractivity contribution >= 4 is 36.8 Å². The highest BCUT2D eigenvalue weighted by molar-refractivity contribution is 7.54. The van der Waals surface area contributed by atoms with Crippen LogP contribution in [-0.4, -0.2) is 32.3 Å². The van der Waals surface area contributed by atoms with E-state index >= 15 is 0 Å². The van der Waals surface area contributed by atoms with Gasteiger partial charge in [-0.05, 0) is 30.3 Å². The molecule has 0 unspecified atom stereocenters. The third-order valence-corrected chi connectivity index (χ3v) is 5.31. The van der Waals surface area contributed by atoms with E-state index in [-0.39, 0.29) is 11.3 Å². The molecular weight excluding hydrogens is 381 g/mol. The lowest BCUT2D eigenvalue weighted by atomic mass is 10.2. The Balaban J connectivity index is 2.20. The maximum Gasteiger partial charge on any atom is 0.341 e. The predicted octanol–water partition coefficient (Wildman–Crippen LogP) is 3.98. The van der Waals surface area contributed by atoms with Gasteiger partial charge in [-0.1, -0.05) is 29.8 Å². The quantitative estimate of drug-likeness (QED) is 0.431. The van der Waals surface area contributed by atoms with Crippen LogP contribution in [0.4, 0.5) is 5.69 Å². The summed E-state index contributed by atoms with van der Waals surface area (Å²) in [5.74, 6) is -1.40. The maximum atomic E-state index is 12.5. The van der Waals surface area contributed by atoms with Gasteiger partial charge in [-0.25, -0.2) is 0 Å². The van der Waals surface area contributed by atoms with Crippen molar-refractivity contribution in [3.63, 3.8) is 0 Å². The summed E-state index contributed by atoms with van der Waals surface area (Å²) in [4.78, 5) is 24.5. The molecule has 2 aromatic rings. The van der Waals surface area contributed by atoms with E-state index in [9.17, 15) is 14.2 Å². The van der Waals surface area contributed by atoms with E-state index in [1.165, 1.54) is 32.4 Å². The molecule has 0 aromatic heterocycles. The minimum Gasteiger partial charge on any atom is -0.425 e. The lowest BCUT2D eigenvalue weighted by molar-refractivity contribution is -0.131. The molecule has 0 bridgehead atoms. The zero-order chi connectivity index (χ0) is 19.2. The molecule has 1 N–H and O–H groups in total. The van der Waals surface area contributed by atoms with Crippen molar-refractivity contribution in [1.82, 2.24) is 0 Å². The van der Waals surface area contributed by atoms with Gasteiger partial charge in [-0.15, -0.1) is 0 Å². The van der Waals surface area contributed by atoms with Gasteiger partial charge in [-0.2, -0.15) is 0 Å². The number of halogens is 1. The summed E-state index contributed by atoms with van der Waals surface area (Å²) >= 11 is 5.95. The Morgan fingerprint density at radius 2 is 1.73 bits per heavy atom. The lowest BCUT2D eigenvalue weighted by Gasteiger charge is -2.14. The SMILES string of the molecule is COP(=O)(CC(=O)Oc1ccc(Cl)cc1C(=O)Nc1ccccc1)OC. The highest BCUT2D eigenvalue weighted by atomic mass is 35.5. The summed E-state index contributed by atoms with van der Waals surface area (Å²) in [5.41, 5.74) is 0.623. The number of ether oxygens (including phenoxy) is 1. The number of amides is 1. The molecule has 26 heavy (non-hydrogen) atoms. The molecule has 9 heteroatoms. The minimum atomic E-state index is -3.58. The molecule has 0 aliphatic carbocycles. The molecule has 0 heterocycles. The Kier molecular flexibility index (Phi) is 6.94. The monoisotopic (exact) mass is 397 g/mol. The number of para-hydroxylation sites is 1. The third kappa shape index (κ3) is 5.41. The van der Waals surface area contributed by atoms with Gasteiger partial charge in [0.15, 0.2) is 0 Å². The first-order valence-electron chi connectivity index (χ1n) is 7.44. The van der Waals surface area contributed by atoms with E-state index in [1.54, 1.807) is 24.3 Å². The first kappa shape index (κ1) is 20.1. The van der Waals surface area contributed by atoms with E-state index < -0.39 is 25.6 Å². The van der Waals surface area contributed by atoms with Gasteiger partial charge in [0.25, 0.3) is 5.91 Å². The van der Waals surface area contributed by atoms with Gasteiger partial charge < -0.3 is 19.1 Å². The molecule has 0 saturated heterocycles. The summed E-state index contributed by atoms with van der Waals surface area (Å²) in [6, 6.07) is 13.0. The summed E-state index contributed by atoms with van der Waals surface area (Å²) < 4.78 is 26.6. The molecule has 138 valence electrons. The van der Waals surface area contributed by atoms with Gasteiger partial charge in [0.05, 0.1) is 5.56 Å². The number of rotatable bonds is 7. The molecule has 0 fully saturated rings. The Hall–Kier alpha value is -2.18. The summed E-state index contributed by atoms with van der Waals surface area (Å²) in [7, 11) is -1.25. The fourth-order valence-electron chi connectivity index (χ4n) is 2.01. The largest absolute Gasteiger partial charge is 0.425 e. The average molecular weight is 398 g/mol. The molecule has 2 aromatic carbocycles. The molecule has 0 atom stereocenters. The standard InChI is InChI=1S/C17H17ClNO6P/c1-23-26(22,24-2)11-16(20)25-15-9-8-12(18)10-14(15)17(21)19-13-6-4-3-5-7-13/h3-10H,11H2,1-2H3,(H,19,21). The zero-order valence-corrected chi connectivity index (χ0v) is 15.8. The van der Waals surface area contributed by atoms with E-state index in [1.807, 2.05) is 6.07 Å². The minimum absolute atomic E-state index is 0.0217. The van der Waals surface area contributed by atoms with Crippen molar-refractivity contribution in [2.45, 2.75) is 0 Å². The van der Waals surface area contributed by atoms with Crippen LogP contribution in [-0.2, 0) is 18.4 Å². The van der Waals surface area contributed by atoms with Crippen LogP contribution in [0.15, 0.2) is 48.5 Å². The average Bonchev–Trinajstić information content (AvgIpc) is 2.63. The highest BCUT2D eigenvalue weighted by Gasteiger charge is 2.28. The first-order valence-corrected chi connectivity index (χ1v) is 9.54. The second-order valence-corrected chi connectivity index (χ2v) is 7.77. The van der Waals surface area contributed by atoms with Crippen molar-refractivity contribution in [1.29, 1.82) is 0 Å². The maximum absolute atomic E-state index is 12.5. The molecule has 1 amide bonds. The van der Waals surface area contributed by atoms with Crippen LogP contribution < -0.4 is 10.1 Å². The van der Waals surface area contributed by atoms with Crippen LogP contribution in [0.25, 0.3) is 0 Å². The highest BCUT2D eigenvalue weighted by Crippen LogP contribution is 2.46. The Morgan fingerprint density at radius 1 is 1.08 bits per heavy atom. The van der Waals surface area contributed by atoms with Crippen molar-refractivity contribution in [3.05, 3.63) is 59.1 Å². The van der Waals surface area contributed by atoms with Crippen molar-refractivity contribution in [2.24, 2.45) is 0 Å². The fourth-order valence-corrected chi connectivity index (χ4v) is 2.97. The Labute approximate surface area is 155 Å². The Bertz CT molecular complexity index is 834. The Morgan fingerprint density at radius 3 is 2.35 bits per heavy atom. The second kappa shape index (κ2) is 8.96. The number of carbonyl (C=O) groups excluding carboxylic acids is 2. The van der Waals surface area contributed by atoms with E-state index in [0.29, 0.717) is 10.7 Å². The molecule has 0 aliphatic heterocycles. The first-order chi connectivity index (χ1) is 12.4. The van der Waals surface area contributed by atoms with Gasteiger partial charge in [0.1, 0.15) is 11.9 Å². The van der Waals surface area contributed by atoms with Crippen LogP contribution in [0, 0.1) is 0 Å². The van der Waals surface area contributed by atoms with Crippen LogP contribution in [0.1, 0.15) is 10.4 Å². The van der Waals surface area contributed by atoms with Gasteiger partial charge in [-0.3, -0.25) is 14.2 Å². The molecule has 2 rings (SSSR count). The summed E-state index contributed by atoms with van der Waals surface area (Å²) in [6.07, 6.45) is -0.595. The number of hydrogen-bond donors (Lipinski definition) is 1. The fraction of sp³-hybridized carbons (Fsp3) is 0.176. The van der Waals surface area contributed by atoms with Crippen LogP contribution in [0.3, 0.4) is 0 Å². The second-order valence-electron chi connectivity index (χ2n) is 5.07. The number of hydrogen-bond acceptors (Lipinski definition) is 6. The molecule has 0 saturated carbocycles. The van der Waals surface area contributed by atoms with E-state index in [2.05, 4.69) is 5.32 Å².